The molecule has 0 radical (unpaired) electrons. The van der Waals surface area contributed by atoms with E-state index in [9.17, 15) is 17.6 Å². The van der Waals surface area contributed by atoms with Crippen molar-refractivity contribution in [3.63, 3.8) is 0 Å². The van der Waals surface area contributed by atoms with Crippen LogP contribution >= 0.6 is 0 Å². The summed E-state index contributed by atoms with van der Waals surface area (Å²) in [6.45, 7) is 0. The van der Waals surface area contributed by atoms with Crippen molar-refractivity contribution in [3.8, 4) is 45.4 Å². The van der Waals surface area contributed by atoms with Gasteiger partial charge in [-0.3, -0.25) is 0 Å². The molecule has 4 aromatic rings. The lowest BCUT2D eigenvalue weighted by Crippen LogP contribution is -2.05. The van der Waals surface area contributed by atoms with Crippen LogP contribution in [0.2, 0.25) is 0 Å². The zero-order valence-corrected chi connectivity index (χ0v) is 17.1. The van der Waals surface area contributed by atoms with Crippen molar-refractivity contribution in [3.05, 3.63) is 78.1 Å². The lowest BCUT2D eigenvalue weighted by atomic mass is 10.0. The Hall–Kier alpha value is -3.81. The second kappa shape index (κ2) is 8.37. The molecule has 0 fully saturated rings. The summed E-state index contributed by atoms with van der Waals surface area (Å²) < 4.78 is 64.1. The van der Waals surface area contributed by atoms with Crippen LogP contribution in [0, 0.1) is 5.82 Å². The minimum Gasteiger partial charge on any atom is -0.497 e. The maximum Gasteiger partial charge on any atom is 0.416 e. The van der Waals surface area contributed by atoms with Gasteiger partial charge in [-0.25, -0.2) is 9.37 Å². The number of aromatic amines is 1. The zero-order valence-electron chi connectivity index (χ0n) is 17.1. The fourth-order valence-electron chi connectivity index (χ4n) is 3.35. The summed E-state index contributed by atoms with van der Waals surface area (Å²) in [4.78, 5) is 7.61. The van der Waals surface area contributed by atoms with Gasteiger partial charge in [0, 0.05) is 11.1 Å². The van der Waals surface area contributed by atoms with Gasteiger partial charge < -0.3 is 14.5 Å². The highest BCUT2D eigenvalue weighted by Gasteiger charge is 2.31. The van der Waals surface area contributed by atoms with Crippen molar-refractivity contribution in [2.75, 3.05) is 14.2 Å². The normalized spacial score (nSPS) is 11.4. The minimum absolute atomic E-state index is 0.0729. The van der Waals surface area contributed by atoms with Crippen LogP contribution in [0.1, 0.15) is 5.56 Å². The molecule has 0 aliphatic heterocycles. The van der Waals surface area contributed by atoms with Gasteiger partial charge in [0.05, 0.1) is 36.7 Å². The van der Waals surface area contributed by atoms with Crippen LogP contribution < -0.4 is 9.47 Å². The standard InChI is InChI=1S/C24H18F4N2O2/c1-31-17-7-3-5-14(11-17)21-22(15-6-4-8-18(12-15)32-2)30-23(29-21)19-10-9-16(13-20(19)25)24(26,27)28/h3-13H,1-2H3,(H,29,30). The summed E-state index contributed by atoms with van der Waals surface area (Å²) >= 11 is 0. The Morgan fingerprint density at radius 2 is 1.44 bits per heavy atom. The van der Waals surface area contributed by atoms with Gasteiger partial charge in [-0.2, -0.15) is 13.2 Å². The smallest absolute Gasteiger partial charge is 0.416 e. The third-order valence-corrected chi connectivity index (χ3v) is 4.96. The number of imidazole rings is 1. The van der Waals surface area contributed by atoms with Gasteiger partial charge in [0.15, 0.2) is 0 Å². The molecule has 4 nitrogen and oxygen atoms in total. The quantitative estimate of drug-likeness (QED) is 0.355. The molecule has 3 aromatic carbocycles. The second-order valence-corrected chi connectivity index (χ2v) is 6.97. The Morgan fingerprint density at radius 1 is 0.812 bits per heavy atom. The van der Waals surface area contributed by atoms with Crippen molar-refractivity contribution in [2.45, 2.75) is 6.18 Å². The van der Waals surface area contributed by atoms with Crippen LogP contribution in [-0.4, -0.2) is 24.2 Å². The molecule has 1 aromatic heterocycles. The molecule has 0 bridgehead atoms. The molecule has 4 rings (SSSR count). The predicted octanol–water partition coefficient (Wildman–Crippen LogP) is 6.59. The van der Waals surface area contributed by atoms with E-state index >= 15 is 0 Å². The first-order chi connectivity index (χ1) is 15.3. The van der Waals surface area contributed by atoms with E-state index in [1.165, 1.54) is 14.2 Å². The molecule has 0 saturated carbocycles. The average molecular weight is 442 g/mol. The van der Waals surface area contributed by atoms with Crippen molar-refractivity contribution < 1.29 is 27.0 Å². The van der Waals surface area contributed by atoms with Crippen LogP contribution in [0.4, 0.5) is 17.6 Å². The third-order valence-electron chi connectivity index (χ3n) is 4.96. The number of alkyl halides is 3. The lowest BCUT2D eigenvalue weighted by Gasteiger charge is -2.08. The van der Waals surface area contributed by atoms with Gasteiger partial charge in [-0.1, -0.05) is 24.3 Å². The highest BCUT2D eigenvalue weighted by molar-refractivity contribution is 5.82. The number of nitrogens with one attached hydrogen (secondary N) is 1. The van der Waals surface area contributed by atoms with E-state index in [-0.39, 0.29) is 11.4 Å². The minimum atomic E-state index is -4.64. The second-order valence-electron chi connectivity index (χ2n) is 6.97. The number of aromatic nitrogens is 2. The summed E-state index contributed by atoms with van der Waals surface area (Å²) in [5, 5.41) is 0. The Bertz CT molecular complexity index is 1200. The number of H-pyrrole nitrogens is 1. The molecule has 164 valence electrons. The van der Waals surface area contributed by atoms with E-state index in [1.54, 1.807) is 36.4 Å². The first kappa shape index (κ1) is 21.4. The maximum absolute atomic E-state index is 14.6. The van der Waals surface area contributed by atoms with E-state index in [4.69, 9.17) is 9.47 Å². The van der Waals surface area contributed by atoms with Gasteiger partial charge in [-0.05, 0) is 42.5 Å². The number of hydrogen-bond donors (Lipinski definition) is 1. The van der Waals surface area contributed by atoms with Gasteiger partial charge in [-0.15, -0.1) is 0 Å². The van der Waals surface area contributed by atoms with Crippen molar-refractivity contribution in [1.82, 2.24) is 9.97 Å². The van der Waals surface area contributed by atoms with E-state index in [0.717, 1.165) is 12.1 Å². The van der Waals surface area contributed by atoms with E-state index in [2.05, 4.69) is 9.97 Å². The van der Waals surface area contributed by atoms with E-state index < -0.39 is 17.6 Å². The van der Waals surface area contributed by atoms with E-state index in [1.807, 2.05) is 12.1 Å². The predicted molar refractivity (Wildman–Crippen MR) is 113 cm³/mol. The Morgan fingerprint density at radius 3 is 2.03 bits per heavy atom. The highest BCUT2D eigenvalue weighted by atomic mass is 19.4. The Labute approximate surface area is 181 Å². The fourth-order valence-corrected chi connectivity index (χ4v) is 3.35. The van der Waals surface area contributed by atoms with Crippen LogP contribution in [0.3, 0.4) is 0 Å². The molecule has 0 aliphatic carbocycles. The van der Waals surface area contributed by atoms with Crippen molar-refractivity contribution in [2.24, 2.45) is 0 Å². The number of hydrogen-bond acceptors (Lipinski definition) is 3. The summed E-state index contributed by atoms with van der Waals surface area (Å²) in [6, 6.07) is 16.7. The van der Waals surface area contributed by atoms with Crippen LogP contribution in [0.5, 0.6) is 11.5 Å². The van der Waals surface area contributed by atoms with Crippen molar-refractivity contribution >= 4 is 0 Å². The Kier molecular flexibility index (Phi) is 5.61. The van der Waals surface area contributed by atoms with Crippen LogP contribution in [0.25, 0.3) is 33.9 Å². The summed E-state index contributed by atoms with van der Waals surface area (Å²) in [7, 11) is 3.08. The fraction of sp³-hybridized carbons (Fsp3) is 0.125. The first-order valence-electron chi connectivity index (χ1n) is 9.56. The SMILES string of the molecule is COc1cccc(-c2nc(-c3ccc(C(F)(F)F)cc3F)[nH]c2-c2cccc(OC)c2)c1. The Balaban J connectivity index is 1.89. The molecular formula is C24H18F4N2O2. The molecule has 1 heterocycles. The molecule has 0 unspecified atom stereocenters. The number of ether oxygens (including phenoxy) is 2. The van der Waals surface area contributed by atoms with Crippen molar-refractivity contribution in [1.29, 1.82) is 0 Å². The summed E-state index contributed by atoms with van der Waals surface area (Å²) in [5.41, 5.74) is 1.32. The molecule has 0 amide bonds. The highest BCUT2D eigenvalue weighted by Crippen LogP contribution is 2.37. The van der Waals surface area contributed by atoms with Crippen LogP contribution in [0.15, 0.2) is 66.7 Å². The largest absolute Gasteiger partial charge is 0.497 e. The van der Waals surface area contributed by atoms with E-state index in [0.29, 0.717) is 40.1 Å². The molecule has 1 N–H and O–H groups in total. The van der Waals surface area contributed by atoms with Crippen LogP contribution in [-0.2, 0) is 6.18 Å². The first-order valence-corrected chi connectivity index (χ1v) is 9.56. The van der Waals surface area contributed by atoms with Gasteiger partial charge in [0.1, 0.15) is 23.1 Å². The molecule has 0 spiro atoms. The number of halogens is 4. The molecule has 0 saturated heterocycles. The number of nitrogens with zero attached hydrogens (tertiary/aromatic N) is 1. The van der Waals surface area contributed by atoms with Gasteiger partial charge in [0.2, 0.25) is 0 Å². The number of rotatable bonds is 5. The molecule has 8 heteroatoms. The molecular weight excluding hydrogens is 424 g/mol. The summed E-state index contributed by atoms with van der Waals surface area (Å²) in [6.07, 6.45) is -4.64. The molecule has 0 aliphatic rings. The third kappa shape index (κ3) is 4.16. The monoisotopic (exact) mass is 442 g/mol. The van der Waals surface area contributed by atoms with Gasteiger partial charge >= 0.3 is 6.18 Å². The zero-order chi connectivity index (χ0) is 22.9. The topological polar surface area (TPSA) is 47.1 Å². The molecule has 0 atom stereocenters. The number of methoxy groups -OCH3 is 2. The lowest BCUT2D eigenvalue weighted by molar-refractivity contribution is -0.137. The number of benzene rings is 3. The maximum atomic E-state index is 14.6. The van der Waals surface area contributed by atoms with Gasteiger partial charge in [0.25, 0.3) is 0 Å². The molecule has 32 heavy (non-hydrogen) atoms. The summed E-state index contributed by atoms with van der Waals surface area (Å²) in [5.74, 6) is 0.287. The average Bonchev–Trinajstić information content (AvgIpc) is 3.23.